The highest BCUT2D eigenvalue weighted by atomic mass is 19.4. The quantitative estimate of drug-likeness (QED) is 0.708. The van der Waals surface area contributed by atoms with E-state index in [9.17, 15) is 13.2 Å². The Labute approximate surface area is 136 Å². The molecule has 126 valence electrons. The van der Waals surface area contributed by atoms with Gasteiger partial charge in [0.15, 0.2) is 0 Å². The summed E-state index contributed by atoms with van der Waals surface area (Å²) in [4.78, 5) is 7.14. The van der Waals surface area contributed by atoms with E-state index in [2.05, 4.69) is 9.97 Å². The summed E-state index contributed by atoms with van der Waals surface area (Å²) >= 11 is 0. The number of benzene rings is 1. The van der Waals surface area contributed by atoms with E-state index in [0.717, 1.165) is 17.7 Å². The van der Waals surface area contributed by atoms with Gasteiger partial charge in [-0.2, -0.15) is 13.2 Å². The van der Waals surface area contributed by atoms with Crippen LogP contribution in [0.25, 0.3) is 22.2 Å². The van der Waals surface area contributed by atoms with Crippen LogP contribution in [0.4, 0.5) is 13.2 Å². The molecule has 0 spiro atoms. The molecule has 0 amide bonds. The molecule has 0 atom stereocenters. The number of methoxy groups -OCH3 is 1. The second-order valence-corrected chi connectivity index (χ2v) is 5.20. The van der Waals surface area contributed by atoms with Crippen molar-refractivity contribution in [3.8, 4) is 17.0 Å². The van der Waals surface area contributed by atoms with E-state index in [4.69, 9.17) is 9.47 Å². The molecule has 0 unspecified atom stereocenters. The van der Waals surface area contributed by atoms with Crippen molar-refractivity contribution in [1.82, 2.24) is 9.97 Å². The Hall–Kier alpha value is -2.54. The first-order valence-electron chi connectivity index (χ1n) is 7.25. The number of aromatic nitrogens is 2. The van der Waals surface area contributed by atoms with Gasteiger partial charge in [-0.25, -0.2) is 0 Å². The van der Waals surface area contributed by atoms with Crippen molar-refractivity contribution in [3.05, 3.63) is 48.3 Å². The van der Waals surface area contributed by atoms with Crippen molar-refractivity contribution in [2.45, 2.75) is 6.18 Å². The number of halogens is 3. The Balaban J connectivity index is 1.98. The molecular formula is C17H15F3N2O2. The predicted molar refractivity (Wildman–Crippen MR) is 83.9 cm³/mol. The molecule has 1 aromatic carbocycles. The summed E-state index contributed by atoms with van der Waals surface area (Å²) in [7, 11) is 1.57. The number of nitrogens with zero attached hydrogens (tertiary/aromatic N) is 1. The number of nitrogens with one attached hydrogen (secondary N) is 1. The lowest BCUT2D eigenvalue weighted by atomic mass is 10.1. The molecule has 3 aromatic rings. The average Bonchev–Trinajstić information content (AvgIpc) is 2.97. The van der Waals surface area contributed by atoms with Crippen molar-refractivity contribution in [3.63, 3.8) is 0 Å². The van der Waals surface area contributed by atoms with E-state index in [0.29, 0.717) is 35.6 Å². The molecule has 7 heteroatoms. The zero-order valence-electron chi connectivity index (χ0n) is 12.9. The third-order valence-electron chi connectivity index (χ3n) is 3.57. The molecule has 0 bridgehead atoms. The number of H-pyrrole nitrogens is 1. The molecule has 1 N–H and O–H groups in total. The standard InChI is InChI=1S/C17H15F3N2O2/c1-23-6-7-24-16-10-21-5-4-13(16)15-9-11-8-12(17(18,19)20)2-3-14(11)22-15/h2-5,8-10,22H,6-7H2,1H3. The van der Waals surface area contributed by atoms with E-state index < -0.39 is 11.7 Å². The Bertz CT molecular complexity index is 843. The molecule has 0 radical (unpaired) electrons. The third kappa shape index (κ3) is 3.35. The number of fused-ring (bicyclic) bond motifs is 1. The van der Waals surface area contributed by atoms with Crippen molar-refractivity contribution in [2.24, 2.45) is 0 Å². The molecule has 2 heterocycles. The van der Waals surface area contributed by atoms with Gasteiger partial charge in [0.05, 0.1) is 24.1 Å². The van der Waals surface area contributed by atoms with Crippen LogP contribution in [0.3, 0.4) is 0 Å². The predicted octanol–water partition coefficient (Wildman–Crippen LogP) is 4.27. The summed E-state index contributed by atoms with van der Waals surface area (Å²) in [5.74, 6) is 0.539. The Morgan fingerprint density at radius 3 is 2.71 bits per heavy atom. The minimum absolute atomic E-state index is 0.355. The van der Waals surface area contributed by atoms with E-state index in [1.54, 1.807) is 31.6 Å². The van der Waals surface area contributed by atoms with Crippen LogP contribution in [-0.4, -0.2) is 30.3 Å². The summed E-state index contributed by atoms with van der Waals surface area (Å²) in [6.07, 6.45) is -1.19. The fourth-order valence-corrected chi connectivity index (χ4v) is 2.41. The Morgan fingerprint density at radius 1 is 1.12 bits per heavy atom. The van der Waals surface area contributed by atoms with Crippen LogP contribution in [0.1, 0.15) is 5.56 Å². The van der Waals surface area contributed by atoms with Crippen LogP contribution in [0.2, 0.25) is 0 Å². The smallest absolute Gasteiger partial charge is 0.416 e. The number of pyridine rings is 1. The van der Waals surface area contributed by atoms with Gasteiger partial charge in [0.2, 0.25) is 0 Å². The molecule has 0 aliphatic rings. The van der Waals surface area contributed by atoms with Crippen molar-refractivity contribution in [2.75, 3.05) is 20.3 Å². The monoisotopic (exact) mass is 336 g/mol. The van der Waals surface area contributed by atoms with Gasteiger partial charge in [0.1, 0.15) is 12.4 Å². The second-order valence-electron chi connectivity index (χ2n) is 5.20. The number of rotatable bonds is 5. The Kier molecular flexibility index (Phi) is 4.44. The summed E-state index contributed by atoms with van der Waals surface area (Å²) < 4.78 is 49.1. The van der Waals surface area contributed by atoms with Crippen LogP contribution < -0.4 is 4.74 Å². The molecule has 24 heavy (non-hydrogen) atoms. The molecule has 0 fully saturated rings. The number of hydrogen-bond donors (Lipinski definition) is 1. The maximum Gasteiger partial charge on any atom is 0.416 e. The van der Waals surface area contributed by atoms with Gasteiger partial charge in [-0.15, -0.1) is 0 Å². The van der Waals surface area contributed by atoms with Crippen molar-refractivity contribution in [1.29, 1.82) is 0 Å². The van der Waals surface area contributed by atoms with Gasteiger partial charge >= 0.3 is 6.18 Å². The molecule has 0 saturated carbocycles. The van der Waals surface area contributed by atoms with Gasteiger partial charge in [-0.3, -0.25) is 4.98 Å². The summed E-state index contributed by atoms with van der Waals surface area (Å²) in [6.45, 7) is 0.781. The largest absolute Gasteiger partial charge is 0.489 e. The second kappa shape index (κ2) is 6.52. The molecular weight excluding hydrogens is 321 g/mol. The lowest BCUT2D eigenvalue weighted by Gasteiger charge is -2.09. The topological polar surface area (TPSA) is 47.1 Å². The Morgan fingerprint density at radius 2 is 1.96 bits per heavy atom. The van der Waals surface area contributed by atoms with Crippen molar-refractivity contribution < 1.29 is 22.6 Å². The molecule has 0 aliphatic heterocycles. The number of ether oxygens (including phenoxy) is 2. The van der Waals surface area contributed by atoms with E-state index in [1.807, 2.05) is 0 Å². The van der Waals surface area contributed by atoms with Crippen LogP contribution in [-0.2, 0) is 10.9 Å². The first kappa shape index (κ1) is 16.3. The lowest BCUT2D eigenvalue weighted by Crippen LogP contribution is -2.05. The SMILES string of the molecule is COCCOc1cnccc1-c1cc2cc(C(F)(F)F)ccc2[nH]1. The average molecular weight is 336 g/mol. The maximum absolute atomic E-state index is 12.8. The van der Waals surface area contributed by atoms with Crippen molar-refractivity contribution >= 4 is 10.9 Å². The maximum atomic E-state index is 12.8. The summed E-state index contributed by atoms with van der Waals surface area (Å²) in [5.41, 5.74) is 1.34. The fourth-order valence-electron chi connectivity index (χ4n) is 2.41. The minimum atomic E-state index is -4.36. The fraction of sp³-hybridized carbons (Fsp3) is 0.235. The molecule has 2 aromatic heterocycles. The van der Waals surface area contributed by atoms with Gasteiger partial charge in [-0.1, -0.05) is 0 Å². The minimum Gasteiger partial charge on any atom is -0.489 e. The highest BCUT2D eigenvalue weighted by Crippen LogP contribution is 2.34. The van der Waals surface area contributed by atoms with Crippen LogP contribution in [0.5, 0.6) is 5.75 Å². The molecule has 0 saturated heterocycles. The van der Waals surface area contributed by atoms with E-state index in [-0.39, 0.29) is 0 Å². The van der Waals surface area contributed by atoms with Crippen LogP contribution in [0.15, 0.2) is 42.7 Å². The number of alkyl halides is 3. The van der Waals surface area contributed by atoms with E-state index >= 15 is 0 Å². The highest BCUT2D eigenvalue weighted by molar-refractivity contribution is 5.87. The third-order valence-corrected chi connectivity index (χ3v) is 3.57. The number of hydrogen-bond acceptors (Lipinski definition) is 3. The van der Waals surface area contributed by atoms with Gasteiger partial charge in [0.25, 0.3) is 0 Å². The summed E-state index contributed by atoms with van der Waals surface area (Å²) in [6, 6.07) is 7.03. The molecule has 3 rings (SSSR count). The zero-order valence-corrected chi connectivity index (χ0v) is 12.9. The van der Waals surface area contributed by atoms with Gasteiger partial charge in [-0.05, 0) is 30.3 Å². The lowest BCUT2D eigenvalue weighted by molar-refractivity contribution is -0.137. The first-order chi connectivity index (χ1) is 11.5. The molecule has 4 nitrogen and oxygen atoms in total. The summed E-state index contributed by atoms with van der Waals surface area (Å²) in [5, 5.41) is 0.486. The van der Waals surface area contributed by atoms with Crippen LogP contribution >= 0.6 is 0 Å². The van der Waals surface area contributed by atoms with E-state index in [1.165, 1.54) is 6.07 Å². The van der Waals surface area contributed by atoms with Gasteiger partial charge in [0, 0.05) is 29.8 Å². The zero-order chi connectivity index (χ0) is 17.2. The van der Waals surface area contributed by atoms with Crippen LogP contribution in [0, 0.1) is 0 Å². The normalized spacial score (nSPS) is 11.8. The highest BCUT2D eigenvalue weighted by Gasteiger charge is 2.30. The first-order valence-corrected chi connectivity index (χ1v) is 7.25. The van der Waals surface area contributed by atoms with Gasteiger partial charge < -0.3 is 14.5 Å². The molecule has 0 aliphatic carbocycles. The number of aromatic amines is 1.